The van der Waals surface area contributed by atoms with Crippen LogP contribution in [0.2, 0.25) is 5.02 Å². The van der Waals surface area contributed by atoms with Crippen molar-refractivity contribution in [2.45, 2.75) is 24.7 Å². The van der Waals surface area contributed by atoms with Crippen LogP contribution in [0.3, 0.4) is 0 Å². The maximum absolute atomic E-state index is 13.0. The summed E-state index contributed by atoms with van der Waals surface area (Å²) in [5.74, 6) is -0.124. The number of aryl methyl sites for hydroxylation is 2. The van der Waals surface area contributed by atoms with Crippen molar-refractivity contribution in [3.05, 3.63) is 88.4 Å². The zero-order valence-corrected chi connectivity index (χ0v) is 18.0. The Labute approximate surface area is 181 Å². The van der Waals surface area contributed by atoms with Gasteiger partial charge in [-0.15, -0.1) is 0 Å². The normalized spacial score (nSPS) is 13.6. The molecular weight excluding hydrogens is 420 g/mol. The molecule has 30 heavy (non-hydrogen) atoms. The summed E-state index contributed by atoms with van der Waals surface area (Å²) >= 11 is 5.92. The highest BCUT2D eigenvalue weighted by atomic mass is 35.5. The van der Waals surface area contributed by atoms with Crippen molar-refractivity contribution in [3.8, 4) is 0 Å². The lowest BCUT2D eigenvalue weighted by Gasteiger charge is -2.30. The van der Waals surface area contributed by atoms with Gasteiger partial charge in [0.1, 0.15) is 0 Å². The number of hydrogen-bond acceptors (Lipinski definition) is 3. The first-order valence-corrected chi connectivity index (χ1v) is 11.5. The number of nitrogens with zero attached hydrogens (tertiary/aromatic N) is 1. The van der Waals surface area contributed by atoms with Gasteiger partial charge in [-0.3, -0.25) is 9.52 Å². The average molecular weight is 441 g/mol. The third-order valence-corrected chi connectivity index (χ3v) is 6.75. The summed E-state index contributed by atoms with van der Waals surface area (Å²) in [7, 11) is -3.72. The molecule has 0 fully saturated rings. The van der Waals surface area contributed by atoms with Gasteiger partial charge >= 0.3 is 0 Å². The molecule has 3 aromatic rings. The van der Waals surface area contributed by atoms with Gasteiger partial charge in [-0.1, -0.05) is 29.3 Å². The predicted molar refractivity (Wildman–Crippen MR) is 120 cm³/mol. The quantitative estimate of drug-likeness (QED) is 0.617. The zero-order valence-electron chi connectivity index (χ0n) is 16.4. The lowest BCUT2D eigenvalue weighted by molar-refractivity contribution is 0.0985. The minimum Gasteiger partial charge on any atom is -0.308 e. The van der Waals surface area contributed by atoms with E-state index in [1.807, 2.05) is 19.1 Å². The van der Waals surface area contributed by atoms with Crippen molar-refractivity contribution in [2.75, 3.05) is 16.2 Å². The molecular formula is C23H21ClN2O3S. The molecule has 0 atom stereocenters. The van der Waals surface area contributed by atoms with Crippen LogP contribution < -0.4 is 9.62 Å². The Bertz CT molecular complexity index is 1190. The predicted octanol–water partition coefficient (Wildman–Crippen LogP) is 5.04. The molecule has 1 N–H and O–H groups in total. The molecule has 3 aromatic carbocycles. The molecule has 1 aliphatic heterocycles. The van der Waals surface area contributed by atoms with Gasteiger partial charge in [0.2, 0.25) is 0 Å². The second-order valence-corrected chi connectivity index (χ2v) is 9.45. The Hall–Kier alpha value is -2.83. The molecule has 154 valence electrons. The third kappa shape index (κ3) is 4.20. The largest absolute Gasteiger partial charge is 0.308 e. The summed E-state index contributed by atoms with van der Waals surface area (Å²) in [5.41, 5.74) is 3.70. The summed E-state index contributed by atoms with van der Waals surface area (Å²) in [6.45, 7) is 2.53. The lowest BCUT2D eigenvalue weighted by Crippen LogP contribution is -2.35. The summed E-state index contributed by atoms with van der Waals surface area (Å²) in [6.07, 6.45) is 1.48. The number of halogens is 1. The number of rotatable bonds is 4. The van der Waals surface area contributed by atoms with Crippen LogP contribution in [0.1, 0.15) is 27.9 Å². The van der Waals surface area contributed by atoms with Gasteiger partial charge in [-0.25, -0.2) is 8.42 Å². The van der Waals surface area contributed by atoms with E-state index in [1.165, 1.54) is 0 Å². The highest BCUT2D eigenvalue weighted by molar-refractivity contribution is 7.92. The molecule has 0 saturated heterocycles. The van der Waals surface area contributed by atoms with Crippen molar-refractivity contribution in [2.24, 2.45) is 0 Å². The standard InChI is InChI=1S/C23H21ClN2O3S/c1-16-4-10-20(11-5-16)25-30(28,29)21-12-13-22-18(15-21)3-2-14-26(22)23(27)17-6-8-19(24)9-7-17/h4-13,15,25H,2-3,14H2,1H3. The number of fused-ring (bicyclic) bond motifs is 1. The second kappa shape index (κ2) is 8.13. The SMILES string of the molecule is Cc1ccc(NS(=O)(=O)c2ccc3c(c2)CCCN3C(=O)c2ccc(Cl)cc2)cc1. The van der Waals surface area contributed by atoms with E-state index in [1.54, 1.807) is 59.5 Å². The number of anilines is 2. The Kier molecular flexibility index (Phi) is 5.54. The summed E-state index contributed by atoms with van der Waals surface area (Å²) in [4.78, 5) is 14.9. The van der Waals surface area contributed by atoms with Crippen LogP contribution in [0, 0.1) is 6.92 Å². The minimum absolute atomic E-state index is 0.124. The van der Waals surface area contributed by atoms with Gasteiger partial charge in [0.05, 0.1) is 4.90 Å². The summed E-state index contributed by atoms with van der Waals surface area (Å²) in [5, 5.41) is 0.571. The monoisotopic (exact) mass is 440 g/mol. The first-order chi connectivity index (χ1) is 14.3. The smallest absolute Gasteiger partial charge is 0.261 e. The molecule has 0 aromatic heterocycles. The molecule has 4 rings (SSSR count). The van der Waals surface area contributed by atoms with Gasteiger partial charge in [0.15, 0.2) is 0 Å². The number of amides is 1. The zero-order chi connectivity index (χ0) is 21.3. The number of sulfonamides is 1. The van der Waals surface area contributed by atoms with E-state index in [0.29, 0.717) is 29.2 Å². The number of benzene rings is 3. The van der Waals surface area contributed by atoms with Crippen LogP contribution in [-0.2, 0) is 16.4 Å². The average Bonchev–Trinajstić information content (AvgIpc) is 2.74. The third-order valence-electron chi connectivity index (χ3n) is 5.12. The highest BCUT2D eigenvalue weighted by Gasteiger charge is 2.25. The second-order valence-electron chi connectivity index (χ2n) is 7.33. The number of carbonyl (C=O) groups excluding carboxylic acids is 1. The van der Waals surface area contributed by atoms with E-state index in [-0.39, 0.29) is 10.8 Å². The molecule has 5 nitrogen and oxygen atoms in total. The van der Waals surface area contributed by atoms with Gasteiger partial charge in [0, 0.05) is 28.5 Å². The fraction of sp³-hybridized carbons (Fsp3) is 0.174. The summed E-state index contributed by atoms with van der Waals surface area (Å²) < 4.78 is 28.3. The topological polar surface area (TPSA) is 66.5 Å². The summed E-state index contributed by atoms with van der Waals surface area (Å²) in [6, 6.07) is 18.9. The van der Waals surface area contributed by atoms with E-state index < -0.39 is 10.0 Å². The molecule has 0 saturated carbocycles. The Morgan fingerprint density at radius 3 is 2.40 bits per heavy atom. The van der Waals surface area contributed by atoms with Crippen molar-refractivity contribution in [1.29, 1.82) is 0 Å². The fourth-order valence-corrected chi connectivity index (χ4v) is 4.77. The highest BCUT2D eigenvalue weighted by Crippen LogP contribution is 2.31. The van der Waals surface area contributed by atoms with Crippen LogP contribution in [0.15, 0.2) is 71.6 Å². The van der Waals surface area contributed by atoms with Crippen LogP contribution in [0.4, 0.5) is 11.4 Å². The molecule has 1 aliphatic rings. The van der Waals surface area contributed by atoms with Crippen LogP contribution in [-0.4, -0.2) is 20.9 Å². The lowest BCUT2D eigenvalue weighted by atomic mass is 10.0. The van der Waals surface area contributed by atoms with Gasteiger partial charge < -0.3 is 4.90 Å². The number of nitrogens with one attached hydrogen (secondary N) is 1. The molecule has 7 heteroatoms. The van der Waals surface area contributed by atoms with E-state index in [2.05, 4.69) is 4.72 Å². The van der Waals surface area contributed by atoms with E-state index in [4.69, 9.17) is 11.6 Å². The Balaban J connectivity index is 1.62. The van der Waals surface area contributed by atoms with Crippen molar-refractivity contribution in [3.63, 3.8) is 0 Å². The molecule has 0 radical (unpaired) electrons. The van der Waals surface area contributed by atoms with Crippen LogP contribution in [0.5, 0.6) is 0 Å². The molecule has 0 unspecified atom stereocenters. The maximum atomic E-state index is 13.0. The van der Waals surface area contributed by atoms with E-state index in [9.17, 15) is 13.2 Å². The Morgan fingerprint density at radius 1 is 1.00 bits per heavy atom. The van der Waals surface area contributed by atoms with E-state index >= 15 is 0 Å². The first-order valence-electron chi connectivity index (χ1n) is 9.63. The van der Waals surface area contributed by atoms with Gasteiger partial charge in [-0.2, -0.15) is 0 Å². The van der Waals surface area contributed by atoms with Gasteiger partial charge in [-0.05, 0) is 79.9 Å². The van der Waals surface area contributed by atoms with Crippen LogP contribution >= 0.6 is 11.6 Å². The minimum atomic E-state index is -3.72. The van der Waals surface area contributed by atoms with Crippen molar-refractivity contribution < 1.29 is 13.2 Å². The number of carbonyl (C=O) groups is 1. The molecule has 0 spiro atoms. The first kappa shape index (κ1) is 20.4. The molecule has 0 aliphatic carbocycles. The van der Waals surface area contributed by atoms with Crippen molar-refractivity contribution in [1.82, 2.24) is 0 Å². The van der Waals surface area contributed by atoms with Gasteiger partial charge in [0.25, 0.3) is 15.9 Å². The molecule has 1 amide bonds. The molecule has 1 heterocycles. The number of hydrogen-bond donors (Lipinski definition) is 1. The maximum Gasteiger partial charge on any atom is 0.261 e. The van der Waals surface area contributed by atoms with E-state index in [0.717, 1.165) is 23.2 Å². The van der Waals surface area contributed by atoms with Crippen LogP contribution in [0.25, 0.3) is 0 Å². The van der Waals surface area contributed by atoms with Crippen molar-refractivity contribution >= 4 is 38.9 Å². The Morgan fingerprint density at radius 2 is 1.70 bits per heavy atom. The fourth-order valence-electron chi connectivity index (χ4n) is 3.54. The molecule has 0 bridgehead atoms.